The second-order valence-electron chi connectivity index (χ2n) is 4.77. The highest BCUT2D eigenvalue weighted by atomic mass is 35.5. The van der Waals surface area contributed by atoms with Gasteiger partial charge in [0, 0.05) is 6.61 Å². The van der Waals surface area contributed by atoms with Crippen LogP contribution < -0.4 is 5.32 Å². The summed E-state index contributed by atoms with van der Waals surface area (Å²) < 4.78 is 10.1. The van der Waals surface area contributed by atoms with Crippen LogP contribution in [0.2, 0.25) is 10.0 Å². The molecule has 0 aliphatic rings. The lowest BCUT2D eigenvalue weighted by Crippen LogP contribution is -2.11. The van der Waals surface area contributed by atoms with Gasteiger partial charge in [0.1, 0.15) is 0 Å². The number of ether oxygens (including phenoxy) is 2. The summed E-state index contributed by atoms with van der Waals surface area (Å²) in [5.74, 6) is -0.485. The Morgan fingerprint density at radius 2 is 1.88 bits per heavy atom. The number of carbonyl (C=O) groups excluding carboxylic acids is 1. The Morgan fingerprint density at radius 3 is 2.58 bits per heavy atom. The third-order valence-electron chi connectivity index (χ3n) is 3.17. The zero-order valence-electron chi connectivity index (χ0n) is 12.9. The highest BCUT2D eigenvalue weighted by molar-refractivity contribution is 6.39. The third kappa shape index (κ3) is 4.87. The fourth-order valence-electron chi connectivity index (χ4n) is 1.93. The first-order chi connectivity index (χ1) is 11.0. The number of carbonyl (C=O) groups is 1. The second kappa shape index (κ2) is 9.52. The van der Waals surface area contributed by atoms with Crippen LogP contribution in [0.5, 0.6) is 0 Å². The van der Waals surface area contributed by atoms with Crippen LogP contribution in [0.15, 0.2) is 36.4 Å². The zero-order valence-corrected chi connectivity index (χ0v) is 14.4. The maximum Gasteiger partial charge on any atom is 0.342 e. The smallest absolute Gasteiger partial charge is 0.342 e. The van der Waals surface area contributed by atoms with Crippen molar-refractivity contribution < 1.29 is 14.3 Å². The molecule has 0 spiro atoms. The van der Waals surface area contributed by atoms with Crippen molar-refractivity contribution in [2.24, 2.45) is 0 Å². The molecule has 0 aliphatic carbocycles. The maximum absolute atomic E-state index is 12.2. The predicted molar refractivity (Wildman–Crippen MR) is 99.6 cm³/mol. The minimum atomic E-state index is -0.485. The molecule has 0 bridgehead atoms. The lowest BCUT2D eigenvalue weighted by Gasteiger charge is -2.15. The van der Waals surface area contributed by atoms with Gasteiger partial charge in [-0.2, -0.15) is 0 Å². The van der Waals surface area contributed by atoms with E-state index in [1.165, 1.54) is 0 Å². The molecule has 6 heteroatoms. The van der Waals surface area contributed by atoms with E-state index in [0.29, 0.717) is 33.6 Å². The normalized spacial score (nSPS) is 10.0. The van der Waals surface area contributed by atoms with Gasteiger partial charge in [0.2, 0.25) is 0 Å². The molecule has 0 saturated carbocycles. The molecule has 2 rings (SSSR count). The molecule has 0 fully saturated rings. The van der Waals surface area contributed by atoms with Gasteiger partial charge < -0.3 is 14.8 Å². The SMILES string of the molecule is C.CCOCOC(=O)c1ccccc1Nc1c(Cl)ccc(C)c1Cl. The largest absolute Gasteiger partial charge is 0.435 e. The Kier molecular flexibility index (Phi) is 8.05. The van der Waals surface area contributed by atoms with Crippen molar-refractivity contribution in [3.8, 4) is 0 Å². The van der Waals surface area contributed by atoms with E-state index in [-0.39, 0.29) is 14.2 Å². The fourth-order valence-corrected chi connectivity index (χ4v) is 2.40. The van der Waals surface area contributed by atoms with Gasteiger partial charge in [0.05, 0.1) is 27.0 Å². The van der Waals surface area contributed by atoms with Crippen molar-refractivity contribution >= 4 is 40.5 Å². The van der Waals surface area contributed by atoms with Crippen LogP contribution in [0.25, 0.3) is 0 Å². The molecule has 0 saturated heterocycles. The minimum Gasteiger partial charge on any atom is -0.435 e. The minimum absolute atomic E-state index is 0. The van der Waals surface area contributed by atoms with Gasteiger partial charge in [0.25, 0.3) is 0 Å². The number of rotatable bonds is 6. The first-order valence-corrected chi connectivity index (χ1v) is 7.85. The molecule has 0 radical (unpaired) electrons. The number of hydrogen-bond acceptors (Lipinski definition) is 4. The number of anilines is 2. The third-order valence-corrected chi connectivity index (χ3v) is 3.97. The number of nitrogens with one attached hydrogen (secondary N) is 1. The van der Waals surface area contributed by atoms with Gasteiger partial charge in [-0.1, -0.05) is 48.8 Å². The highest BCUT2D eigenvalue weighted by Crippen LogP contribution is 2.36. The van der Waals surface area contributed by atoms with Crippen LogP contribution in [-0.2, 0) is 9.47 Å². The number of hydrogen-bond donors (Lipinski definition) is 1. The van der Waals surface area contributed by atoms with Crippen molar-refractivity contribution in [3.05, 3.63) is 57.6 Å². The molecule has 0 aliphatic heterocycles. The number of halogens is 2. The van der Waals surface area contributed by atoms with Crippen LogP contribution in [0.4, 0.5) is 11.4 Å². The van der Waals surface area contributed by atoms with Gasteiger partial charge in [-0.05, 0) is 37.6 Å². The molecule has 2 aromatic rings. The van der Waals surface area contributed by atoms with Crippen molar-refractivity contribution in [2.75, 3.05) is 18.7 Å². The van der Waals surface area contributed by atoms with Crippen LogP contribution in [-0.4, -0.2) is 19.4 Å². The number of esters is 1. The summed E-state index contributed by atoms with van der Waals surface area (Å²) in [5.41, 5.74) is 2.37. The van der Waals surface area contributed by atoms with Crippen LogP contribution in [0.3, 0.4) is 0 Å². The zero-order chi connectivity index (χ0) is 16.8. The average molecular weight is 370 g/mol. The lowest BCUT2D eigenvalue weighted by atomic mass is 10.1. The quantitative estimate of drug-likeness (QED) is 0.395. The highest BCUT2D eigenvalue weighted by Gasteiger charge is 2.15. The van der Waals surface area contributed by atoms with E-state index >= 15 is 0 Å². The van der Waals surface area contributed by atoms with Gasteiger partial charge in [-0.15, -0.1) is 0 Å². The molecule has 130 valence electrons. The Hall–Kier alpha value is -1.75. The second-order valence-corrected chi connectivity index (χ2v) is 5.55. The van der Waals surface area contributed by atoms with Gasteiger partial charge in [0.15, 0.2) is 6.79 Å². The first kappa shape index (κ1) is 20.3. The number of benzene rings is 2. The van der Waals surface area contributed by atoms with E-state index in [2.05, 4.69) is 5.32 Å². The van der Waals surface area contributed by atoms with Gasteiger partial charge in [-0.25, -0.2) is 4.79 Å². The molecule has 0 atom stereocenters. The molecule has 2 aromatic carbocycles. The van der Waals surface area contributed by atoms with E-state index in [4.69, 9.17) is 32.7 Å². The van der Waals surface area contributed by atoms with E-state index in [9.17, 15) is 4.79 Å². The molecule has 1 N–H and O–H groups in total. The van der Waals surface area contributed by atoms with Crippen molar-refractivity contribution in [1.29, 1.82) is 0 Å². The summed E-state index contributed by atoms with van der Waals surface area (Å²) in [6.07, 6.45) is 0. The molecule has 0 unspecified atom stereocenters. The summed E-state index contributed by atoms with van der Waals surface area (Å²) in [6, 6.07) is 10.6. The van der Waals surface area contributed by atoms with Crippen LogP contribution in [0, 0.1) is 6.92 Å². The van der Waals surface area contributed by atoms with Crippen molar-refractivity contribution in [1.82, 2.24) is 0 Å². The Morgan fingerprint density at radius 1 is 1.17 bits per heavy atom. The van der Waals surface area contributed by atoms with Crippen LogP contribution >= 0.6 is 23.2 Å². The Balaban J connectivity index is 0.00000288. The topological polar surface area (TPSA) is 47.6 Å². The van der Waals surface area contributed by atoms with E-state index in [0.717, 1.165) is 5.56 Å². The standard InChI is InChI=1S/C17H17Cl2NO3.CH4/c1-3-22-10-23-17(21)12-6-4-5-7-14(12)20-16-13(18)9-8-11(2)15(16)19;/h4-9,20H,3,10H2,1-2H3;1H4. The molecule has 0 heterocycles. The van der Waals surface area contributed by atoms with E-state index in [1.54, 1.807) is 30.3 Å². The summed E-state index contributed by atoms with van der Waals surface area (Å²) in [4.78, 5) is 12.2. The monoisotopic (exact) mass is 369 g/mol. The first-order valence-electron chi connectivity index (χ1n) is 7.10. The van der Waals surface area contributed by atoms with Crippen molar-refractivity contribution in [3.63, 3.8) is 0 Å². The van der Waals surface area contributed by atoms with Gasteiger partial charge >= 0.3 is 5.97 Å². The van der Waals surface area contributed by atoms with E-state index in [1.807, 2.05) is 19.9 Å². The lowest BCUT2D eigenvalue weighted by molar-refractivity contribution is -0.0273. The predicted octanol–water partition coefficient (Wildman–Crippen LogP) is 5.83. The van der Waals surface area contributed by atoms with Crippen LogP contribution in [0.1, 0.15) is 30.3 Å². The number of para-hydroxylation sites is 1. The van der Waals surface area contributed by atoms with Gasteiger partial charge in [-0.3, -0.25) is 0 Å². The van der Waals surface area contributed by atoms with E-state index < -0.39 is 5.97 Å². The molecule has 24 heavy (non-hydrogen) atoms. The molecule has 0 amide bonds. The van der Waals surface area contributed by atoms with Crippen molar-refractivity contribution in [2.45, 2.75) is 21.3 Å². The average Bonchev–Trinajstić information content (AvgIpc) is 2.55. The summed E-state index contributed by atoms with van der Waals surface area (Å²) in [6.45, 7) is 4.09. The summed E-state index contributed by atoms with van der Waals surface area (Å²) in [7, 11) is 0. The Bertz CT molecular complexity index is 705. The Labute approximate surface area is 152 Å². The molecular weight excluding hydrogens is 349 g/mol. The molecule has 0 aromatic heterocycles. The molecule has 4 nitrogen and oxygen atoms in total. The number of aryl methyl sites for hydroxylation is 1. The molecular formula is C18H21Cl2NO3. The summed E-state index contributed by atoms with van der Waals surface area (Å²) >= 11 is 12.5. The summed E-state index contributed by atoms with van der Waals surface area (Å²) in [5, 5.41) is 4.10. The maximum atomic E-state index is 12.2. The fraction of sp³-hybridized carbons (Fsp3) is 0.278.